The Kier molecular flexibility index (Phi) is 7.98. The van der Waals surface area contributed by atoms with Gasteiger partial charge in [0.25, 0.3) is 17.1 Å². The lowest BCUT2D eigenvalue weighted by Crippen LogP contribution is -2.28. The van der Waals surface area contributed by atoms with Crippen molar-refractivity contribution in [2.24, 2.45) is 0 Å². The quantitative estimate of drug-likeness (QED) is 0.335. The van der Waals surface area contributed by atoms with Crippen molar-refractivity contribution < 1.29 is 23.5 Å². The Balaban J connectivity index is 1.41. The standard InChI is InChI=1S/C26H19Cl2FN2O4S/c1-15-4-2-5-17(10-15)30-24(32)14-35-22-9-8-16(11-20(22)28)12-23-25(33)31(26(34)36-23)13-18-19(27)6-3-7-21(18)29/h2-12H,13-14H2,1H3,(H,30,32)/b23-12-. The van der Waals surface area contributed by atoms with E-state index in [1.165, 1.54) is 24.3 Å². The lowest BCUT2D eigenvalue weighted by molar-refractivity contribution is -0.123. The molecule has 0 aromatic heterocycles. The maximum absolute atomic E-state index is 14.1. The van der Waals surface area contributed by atoms with Crippen molar-refractivity contribution in [3.05, 3.63) is 98.1 Å². The number of carbonyl (C=O) groups excluding carboxylic acids is 3. The van der Waals surface area contributed by atoms with E-state index in [0.29, 0.717) is 11.3 Å². The number of hydrogen-bond donors (Lipinski definition) is 1. The number of amides is 3. The first-order valence-electron chi connectivity index (χ1n) is 10.7. The zero-order valence-corrected chi connectivity index (χ0v) is 21.2. The monoisotopic (exact) mass is 544 g/mol. The Morgan fingerprint density at radius 3 is 2.58 bits per heavy atom. The summed E-state index contributed by atoms with van der Waals surface area (Å²) in [6.45, 7) is 1.41. The smallest absolute Gasteiger partial charge is 0.293 e. The van der Waals surface area contributed by atoms with E-state index in [1.54, 1.807) is 24.3 Å². The molecule has 0 bridgehead atoms. The first-order chi connectivity index (χ1) is 17.2. The van der Waals surface area contributed by atoms with E-state index >= 15 is 0 Å². The highest BCUT2D eigenvalue weighted by molar-refractivity contribution is 8.18. The highest BCUT2D eigenvalue weighted by Gasteiger charge is 2.36. The number of anilines is 1. The van der Waals surface area contributed by atoms with Gasteiger partial charge in [-0.2, -0.15) is 0 Å². The summed E-state index contributed by atoms with van der Waals surface area (Å²) in [5.74, 6) is -1.21. The van der Waals surface area contributed by atoms with Gasteiger partial charge in [-0.15, -0.1) is 0 Å². The third-order valence-electron chi connectivity index (χ3n) is 5.17. The number of benzene rings is 3. The van der Waals surface area contributed by atoms with Crippen LogP contribution in [0, 0.1) is 12.7 Å². The second-order valence-electron chi connectivity index (χ2n) is 7.86. The van der Waals surface area contributed by atoms with Crippen LogP contribution in [-0.4, -0.2) is 28.6 Å². The molecule has 0 radical (unpaired) electrons. The normalized spacial score (nSPS) is 14.4. The van der Waals surface area contributed by atoms with Crippen molar-refractivity contribution in [2.75, 3.05) is 11.9 Å². The molecule has 1 aliphatic heterocycles. The molecular weight excluding hydrogens is 526 g/mol. The maximum Gasteiger partial charge on any atom is 0.293 e. The van der Waals surface area contributed by atoms with E-state index in [-0.39, 0.29) is 45.3 Å². The topological polar surface area (TPSA) is 75.7 Å². The fourth-order valence-corrected chi connectivity index (χ4v) is 4.72. The zero-order chi connectivity index (χ0) is 25.8. The predicted molar refractivity (Wildman–Crippen MR) is 140 cm³/mol. The van der Waals surface area contributed by atoms with Gasteiger partial charge in [0, 0.05) is 16.3 Å². The number of halogens is 3. The van der Waals surface area contributed by atoms with E-state index in [0.717, 1.165) is 22.2 Å². The number of nitrogens with zero attached hydrogens (tertiary/aromatic N) is 1. The summed E-state index contributed by atoms with van der Waals surface area (Å²) in [6.07, 6.45) is 1.51. The van der Waals surface area contributed by atoms with Crippen LogP contribution < -0.4 is 10.1 Å². The van der Waals surface area contributed by atoms with E-state index in [4.69, 9.17) is 27.9 Å². The molecule has 0 unspecified atom stereocenters. The van der Waals surface area contributed by atoms with E-state index < -0.39 is 17.0 Å². The Hall–Kier alpha value is -3.33. The molecule has 0 aliphatic carbocycles. The van der Waals surface area contributed by atoms with E-state index in [1.807, 2.05) is 25.1 Å². The average molecular weight is 545 g/mol. The summed E-state index contributed by atoms with van der Waals surface area (Å²) in [5.41, 5.74) is 2.29. The second-order valence-corrected chi connectivity index (χ2v) is 9.67. The van der Waals surface area contributed by atoms with E-state index in [9.17, 15) is 18.8 Å². The number of nitrogens with one attached hydrogen (secondary N) is 1. The summed E-state index contributed by atoms with van der Waals surface area (Å²) >= 11 is 13.1. The van der Waals surface area contributed by atoms with Crippen LogP contribution in [0.25, 0.3) is 6.08 Å². The summed E-state index contributed by atoms with van der Waals surface area (Å²) in [6, 6.07) is 16.3. The summed E-state index contributed by atoms with van der Waals surface area (Å²) in [4.78, 5) is 38.5. The summed E-state index contributed by atoms with van der Waals surface area (Å²) in [5, 5.41) is 2.57. The second kappa shape index (κ2) is 11.2. The van der Waals surface area contributed by atoms with Crippen LogP contribution in [0.2, 0.25) is 10.0 Å². The minimum absolute atomic E-state index is 0.0682. The van der Waals surface area contributed by atoms with Crippen LogP contribution >= 0.6 is 35.0 Å². The van der Waals surface area contributed by atoms with Gasteiger partial charge in [-0.25, -0.2) is 4.39 Å². The molecule has 36 heavy (non-hydrogen) atoms. The molecule has 3 aromatic rings. The highest BCUT2D eigenvalue weighted by atomic mass is 35.5. The molecule has 3 amide bonds. The van der Waals surface area contributed by atoms with Gasteiger partial charge in [0.05, 0.1) is 16.5 Å². The van der Waals surface area contributed by atoms with Crippen LogP contribution in [-0.2, 0) is 16.1 Å². The van der Waals surface area contributed by atoms with Crippen molar-refractivity contribution in [1.29, 1.82) is 0 Å². The van der Waals surface area contributed by atoms with Crippen molar-refractivity contribution >= 4 is 63.8 Å². The molecule has 1 N–H and O–H groups in total. The molecule has 1 aliphatic rings. The molecule has 1 saturated heterocycles. The number of hydrogen-bond acceptors (Lipinski definition) is 5. The van der Waals surface area contributed by atoms with Gasteiger partial charge < -0.3 is 10.1 Å². The van der Waals surface area contributed by atoms with Crippen molar-refractivity contribution in [2.45, 2.75) is 13.5 Å². The molecule has 0 saturated carbocycles. The number of aryl methyl sites for hydroxylation is 1. The largest absolute Gasteiger partial charge is 0.482 e. The third kappa shape index (κ3) is 6.07. The van der Waals surface area contributed by atoms with Crippen molar-refractivity contribution in [1.82, 2.24) is 4.90 Å². The molecule has 10 heteroatoms. The van der Waals surface area contributed by atoms with Gasteiger partial charge in [0.1, 0.15) is 11.6 Å². The summed E-state index contributed by atoms with van der Waals surface area (Å²) in [7, 11) is 0. The minimum Gasteiger partial charge on any atom is -0.482 e. The van der Waals surface area contributed by atoms with Gasteiger partial charge in [0.2, 0.25) is 0 Å². The van der Waals surface area contributed by atoms with Crippen molar-refractivity contribution in [3.8, 4) is 5.75 Å². The third-order valence-corrected chi connectivity index (χ3v) is 6.72. The fourth-order valence-electron chi connectivity index (χ4n) is 3.42. The molecule has 3 aromatic carbocycles. The number of rotatable bonds is 7. The van der Waals surface area contributed by atoms with Gasteiger partial charge in [-0.3, -0.25) is 19.3 Å². The van der Waals surface area contributed by atoms with Gasteiger partial charge >= 0.3 is 0 Å². The molecule has 1 heterocycles. The van der Waals surface area contributed by atoms with Gasteiger partial charge in [-0.1, -0.05) is 47.5 Å². The molecule has 0 atom stereocenters. The highest BCUT2D eigenvalue weighted by Crippen LogP contribution is 2.35. The van der Waals surface area contributed by atoms with Crippen LogP contribution in [0.5, 0.6) is 5.75 Å². The zero-order valence-electron chi connectivity index (χ0n) is 18.9. The Morgan fingerprint density at radius 2 is 1.86 bits per heavy atom. The number of thioether (sulfide) groups is 1. The van der Waals surface area contributed by atoms with E-state index in [2.05, 4.69) is 5.32 Å². The Bertz CT molecular complexity index is 1380. The molecule has 0 spiro atoms. The minimum atomic E-state index is -0.597. The van der Waals surface area contributed by atoms with Crippen molar-refractivity contribution in [3.63, 3.8) is 0 Å². The SMILES string of the molecule is Cc1cccc(NC(=O)COc2ccc(/C=C3\SC(=O)N(Cc4c(F)cccc4Cl)C3=O)cc2Cl)c1. The molecular formula is C26H19Cl2FN2O4S. The molecule has 184 valence electrons. The number of carbonyl (C=O) groups is 3. The molecule has 6 nitrogen and oxygen atoms in total. The molecule has 1 fully saturated rings. The van der Waals surface area contributed by atoms with Crippen LogP contribution in [0.3, 0.4) is 0 Å². The van der Waals surface area contributed by atoms with Gasteiger partial charge in [0.15, 0.2) is 6.61 Å². The van der Waals surface area contributed by atoms with Gasteiger partial charge in [-0.05, 0) is 72.3 Å². The van der Waals surface area contributed by atoms with Crippen LogP contribution in [0.15, 0.2) is 65.6 Å². The number of imide groups is 1. The van der Waals surface area contributed by atoms with Crippen LogP contribution in [0.1, 0.15) is 16.7 Å². The Morgan fingerprint density at radius 1 is 1.08 bits per heavy atom. The molecule has 4 rings (SSSR count). The first kappa shape index (κ1) is 25.8. The first-order valence-corrected chi connectivity index (χ1v) is 12.3. The van der Waals surface area contributed by atoms with Crippen LogP contribution in [0.4, 0.5) is 14.9 Å². The maximum atomic E-state index is 14.1. The average Bonchev–Trinajstić information content (AvgIpc) is 3.08. The lowest BCUT2D eigenvalue weighted by Gasteiger charge is -2.14. The number of ether oxygens (including phenoxy) is 1. The fraction of sp³-hybridized carbons (Fsp3) is 0.115. The Labute approximate surface area is 221 Å². The predicted octanol–water partition coefficient (Wildman–Crippen LogP) is 6.69. The lowest BCUT2D eigenvalue weighted by atomic mass is 10.2. The summed E-state index contributed by atoms with van der Waals surface area (Å²) < 4.78 is 19.6.